The SMILES string of the molecule is COc1cc(N)c(Cl)cc1C(=O)NC1CCN(CCCCCS(=O)(=O)O)CC1.O=C(O)C(F)(F)F. The highest BCUT2D eigenvalue weighted by molar-refractivity contribution is 7.85. The molecular formula is C20H29ClF3N3O7S. The van der Waals surface area contributed by atoms with E-state index in [2.05, 4.69) is 10.2 Å². The minimum atomic E-state index is -5.08. The number of carbonyl (C=O) groups is 2. The Bertz CT molecular complexity index is 969. The molecule has 1 amide bonds. The molecule has 1 aromatic carbocycles. The molecule has 5 N–H and O–H groups in total. The fourth-order valence-corrected chi connectivity index (χ4v) is 4.01. The van der Waals surface area contributed by atoms with Crippen molar-refractivity contribution in [1.29, 1.82) is 0 Å². The first-order valence-electron chi connectivity index (χ1n) is 10.6. The van der Waals surface area contributed by atoms with Crippen molar-refractivity contribution in [3.8, 4) is 5.75 Å². The number of nitrogens with zero attached hydrogens (tertiary/aromatic N) is 1. The van der Waals surface area contributed by atoms with Crippen molar-refractivity contribution in [1.82, 2.24) is 10.2 Å². The van der Waals surface area contributed by atoms with Crippen LogP contribution in [-0.4, -0.2) is 79.6 Å². The number of nitrogens with one attached hydrogen (secondary N) is 1. The van der Waals surface area contributed by atoms with Gasteiger partial charge in [-0.05, 0) is 38.3 Å². The van der Waals surface area contributed by atoms with E-state index < -0.39 is 22.3 Å². The maximum absolute atomic E-state index is 12.6. The Morgan fingerprint density at radius 3 is 2.29 bits per heavy atom. The Kier molecular flexibility index (Phi) is 12.0. The number of amides is 1. The number of methoxy groups -OCH3 is 1. The highest BCUT2D eigenvalue weighted by Crippen LogP contribution is 2.29. The van der Waals surface area contributed by atoms with Gasteiger partial charge < -0.3 is 25.8 Å². The van der Waals surface area contributed by atoms with Crippen LogP contribution in [0.15, 0.2) is 12.1 Å². The van der Waals surface area contributed by atoms with E-state index >= 15 is 0 Å². The lowest BCUT2D eigenvalue weighted by molar-refractivity contribution is -0.192. The van der Waals surface area contributed by atoms with Crippen LogP contribution < -0.4 is 15.8 Å². The Morgan fingerprint density at radius 2 is 1.80 bits per heavy atom. The number of nitrogens with two attached hydrogens (primary N) is 1. The van der Waals surface area contributed by atoms with Crippen LogP contribution in [0.25, 0.3) is 0 Å². The molecule has 0 radical (unpaired) electrons. The van der Waals surface area contributed by atoms with Crippen LogP contribution in [0.4, 0.5) is 18.9 Å². The number of benzene rings is 1. The number of halogens is 4. The van der Waals surface area contributed by atoms with Gasteiger partial charge in [-0.15, -0.1) is 0 Å². The highest BCUT2D eigenvalue weighted by Gasteiger charge is 2.38. The number of unbranched alkanes of at least 4 members (excludes halogenated alkanes) is 2. The maximum Gasteiger partial charge on any atom is 0.490 e. The first-order chi connectivity index (χ1) is 16.1. The quantitative estimate of drug-likeness (QED) is 0.207. The lowest BCUT2D eigenvalue weighted by Gasteiger charge is -2.32. The first-order valence-corrected chi connectivity index (χ1v) is 12.5. The zero-order chi connectivity index (χ0) is 26.8. The zero-order valence-electron chi connectivity index (χ0n) is 19.0. The number of anilines is 1. The molecule has 0 aromatic heterocycles. The first kappa shape index (κ1) is 30.7. The minimum absolute atomic E-state index is 0.0734. The molecule has 15 heteroatoms. The topological polar surface area (TPSA) is 159 Å². The van der Waals surface area contributed by atoms with Crippen LogP contribution in [0.2, 0.25) is 5.02 Å². The van der Waals surface area contributed by atoms with Gasteiger partial charge in [0.15, 0.2) is 0 Å². The summed E-state index contributed by atoms with van der Waals surface area (Å²) < 4.78 is 67.1. The van der Waals surface area contributed by atoms with Gasteiger partial charge in [-0.25, -0.2) is 4.79 Å². The van der Waals surface area contributed by atoms with Crippen molar-refractivity contribution in [2.45, 2.75) is 44.3 Å². The predicted octanol–water partition coefficient (Wildman–Crippen LogP) is 2.82. The van der Waals surface area contributed by atoms with Crippen molar-refractivity contribution < 1.29 is 45.6 Å². The number of carbonyl (C=O) groups excluding carboxylic acids is 1. The molecule has 10 nitrogen and oxygen atoms in total. The molecule has 1 aliphatic heterocycles. The van der Waals surface area contributed by atoms with E-state index in [1.165, 1.54) is 13.2 Å². The standard InChI is InChI=1S/C18H28ClN3O5S.C2HF3O2/c1-27-17-12-16(20)15(19)11-14(17)18(23)21-13-5-8-22(9-6-13)7-3-2-4-10-28(24,25)26;3-2(4,5)1(6)7/h11-13H,2-10,20H2,1H3,(H,21,23)(H,24,25,26);(H,6,7). The van der Waals surface area contributed by atoms with E-state index in [1.54, 1.807) is 6.07 Å². The van der Waals surface area contributed by atoms with Crippen molar-refractivity contribution in [2.24, 2.45) is 0 Å². The number of ether oxygens (including phenoxy) is 1. The fraction of sp³-hybridized carbons (Fsp3) is 0.600. The molecule has 2 rings (SSSR count). The van der Waals surface area contributed by atoms with E-state index in [1.807, 2.05) is 0 Å². The summed E-state index contributed by atoms with van der Waals surface area (Å²) in [6, 6.07) is 3.14. The van der Waals surface area contributed by atoms with Crippen molar-refractivity contribution in [2.75, 3.05) is 38.2 Å². The third-order valence-electron chi connectivity index (χ3n) is 5.11. The lowest BCUT2D eigenvalue weighted by Crippen LogP contribution is -2.44. The van der Waals surface area contributed by atoms with Crippen LogP contribution in [0, 0.1) is 0 Å². The fourth-order valence-electron chi connectivity index (χ4n) is 3.28. The highest BCUT2D eigenvalue weighted by atomic mass is 35.5. The second-order valence-corrected chi connectivity index (χ2v) is 9.79. The average Bonchev–Trinajstić information content (AvgIpc) is 2.75. The van der Waals surface area contributed by atoms with Gasteiger partial charge in [-0.3, -0.25) is 9.35 Å². The largest absolute Gasteiger partial charge is 0.496 e. The number of carboxylic acid groups (broad SMARTS) is 1. The van der Waals surface area contributed by atoms with E-state index in [4.69, 9.17) is 36.5 Å². The molecule has 1 aromatic rings. The summed E-state index contributed by atoms with van der Waals surface area (Å²) in [5.41, 5.74) is 6.48. The van der Waals surface area contributed by atoms with Gasteiger partial charge in [0, 0.05) is 25.2 Å². The van der Waals surface area contributed by atoms with Gasteiger partial charge in [0.25, 0.3) is 16.0 Å². The molecule has 0 unspecified atom stereocenters. The number of likely N-dealkylation sites (tertiary alicyclic amines) is 1. The molecule has 1 heterocycles. The number of alkyl halides is 3. The van der Waals surface area contributed by atoms with Crippen LogP contribution >= 0.6 is 11.6 Å². The molecule has 1 fully saturated rings. The van der Waals surface area contributed by atoms with E-state index in [0.717, 1.165) is 45.3 Å². The summed E-state index contributed by atoms with van der Waals surface area (Å²) in [5, 5.41) is 10.5. The number of hydrogen-bond acceptors (Lipinski definition) is 7. The molecular weight excluding hydrogens is 519 g/mol. The van der Waals surface area contributed by atoms with Crippen LogP contribution in [-0.2, 0) is 14.9 Å². The molecule has 1 aliphatic rings. The van der Waals surface area contributed by atoms with Crippen LogP contribution in [0.3, 0.4) is 0 Å². The number of nitrogen functional groups attached to an aromatic ring is 1. The monoisotopic (exact) mass is 547 g/mol. The Balaban J connectivity index is 0.000000762. The Morgan fingerprint density at radius 1 is 1.23 bits per heavy atom. The summed E-state index contributed by atoms with van der Waals surface area (Å²) in [6.45, 7) is 2.61. The van der Waals surface area contributed by atoms with Crippen LogP contribution in [0.5, 0.6) is 5.75 Å². The molecule has 0 spiro atoms. The molecule has 0 atom stereocenters. The van der Waals surface area contributed by atoms with Crippen molar-refractivity contribution >= 4 is 39.3 Å². The second kappa shape index (κ2) is 13.7. The minimum Gasteiger partial charge on any atom is -0.496 e. The third-order valence-corrected chi connectivity index (χ3v) is 6.24. The zero-order valence-corrected chi connectivity index (χ0v) is 20.5. The normalized spacial score (nSPS) is 15.1. The summed E-state index contributed by atoms with van der Waals surface area (Å²) in [5.74, 6) is -2.78. The average molecular weight is 548 g/mol. The summed E-state index contributed by atoms with van der Waals surface area (Å²) in [4.78, 5) is 23.8. The summed E-state index contributed by atoms with van der Waals surface area (Å²) in [7, 11) is -2.38. The van der Waals surface area contributed by atoms with E-state index in [0.29, 0.717) is 28.4 Å². The van der Waals surface area contributed by atoms with Gasteiger partial charge in [0.2, 0.25) is 0 Å². The number of hydrogen-bond donors (Lipinski definition) is 4. The van der Waals surface area contributed by atoms with E-state index in [-0.39, 0.29) is 17.7 Å². The third kappa shape index (κ3) is 11.8. The van der Waals surface area contributed by atoms with Crippen molar-refractivity contribution in [3.63, 3.8) is 0 Å². The van der Waals surface area contributed by atoms with Crippen LogP contribution in [0.1, 0.15) is 42.5 Å². The maximum atomic E-state index is 12.6. The Hall–Kier alpha value is -2.29. The number of aliphatic carboxylic acids is 1. The lowest BCUT2D eigenvalue weighted by atomic mass is 10.0. The Labute approximate surface area is 206 Å². The summed E-state index contributed by atoms with van der Waals surface area (Å²) >= 11 is 6.03. The molecule has 200 valence electrons. The molecule has 1 saturated heterocycles. The molecule has 0 aliphatic carbocycles. The summed E-state index contributed by atoms with van der Waals surface area (Å²) in [6.07, 6.45) is -1.30. The second-order valence-electron chi connectivity index (χ2n) is 7.81. The van der Waals surface area contributed by atoms with Crippen molar-refractivity contribution in [3.05, 3.63) is 22.7 Å². The molecule has 0 saturated carbocycles. The van der Waals surface area contributed by atoms with Gasteiger partial charge in [0.05, 0.1) is 29.1 Å². The molecule has 35 heavy (non-hydrogen) atoms. The predicted molar refractivity (Wildman–Crippen MR) is 123 cm³/mol. The number of rotatable bonds is 9. The van der Waals surface area contributed by atoms with Gasteiger partial charge >= 0.3 is 12.1 Å². The van der Waals surface area contributed by atoms with Gasteiger partial charge in [-0.1, -0.05) is 18.0 Å². The van der Waals surface area contributed by atoms with Gasteiger partial charge in [-0.2, -0.15) is 21.6 Å². The number of piperidine rings is 1. The van der Waals surface area contributed by atoms with E-state index in [9.17, 15) is 26.4 Å². The van der Waals surface area contributed by atoms with Gasteiger partial charge in [0.1, 0.15) is 5.75 Å². The molecule has 0 bridgehead atoms. The number of carboxylic acids is 1. The smallest absolute Gasteiger partial charge is 0.490 e.